The van der Waals surface area contributed by atoms with Gasteiger partial charge in [-0.25, -0.2) is 4.39 Å². The Balaban J connectivity index is 1.91. The van der Waals surface area contributed by atoms with E-state index in [0.717, 1.165) is 5.56 Å². The molecule has 0 heterocycles. The van der Waals surface area contributed by atoms with E-state index >= 15 is 0 Å². The standard InChI is InChI=1S/C16H15F/c1-11-15(12-7-3-2-4-8-12)16(11)13-9-5-6-10-14(13)17/h2-11,15-16H,1H3. The van der Waals surface area contributed by atoms with Crippen LogP contribution in [0.3, 0.4) is 0 Å². The highest BCUT2D eigenvalue weighted by Crippen LogP contribution is 2.60. The molecule has 3 rings (SSSR count). The van der Waals surface area contributed by atoms with Crippen molar-refractivity contribution in [1.29, 1.82) is 0 Å². The highest BCUT2D eigenvalue weighted by atomic mass is 19.1. The Kier molecular flexibility index (Phi) is 2.47. The van der Waals surface area contributed by atoms with Gasteiger partial charge < -0.3 is 0 Å². The number of benzene rings is 2. The molecule has 1 fully saturated rings. The molecule has 1 saturated carbocycles. The second kappa shape index (κ2) is 3.99. The van der Waals surface area contributed by atoms with Crippen molar-refractivity contribution in [2.75, 3.05) is 0 Å². The maximum atomic E-state index is 13.7. The fourth-order valence-electron chi connectivity index (χ4n) is 2.87. The minimum absolute atomic E-state index is 0.0669. The number of hydrogen-bond donors (Lipinski definition) is 0. The van der Waals surface area contributed by atoms with Crippen molar-refractivity contribution in [2.24, 2.45) is 5.92 Å². The van der Waals surface area contributed by atoms with Crippen LogP contribution < -0.4 is 0 Å². The van der Waals surface area contributed by atoms with E-state index in [0.29, 0.717) is 17.8 Å². The summed E-state index contributed by atoms with van der Waals surface area (Å²) in [6.45, 7) is 2.20. The van der Waals surface area contributed by atoms with E-state index in [-0.39, 0.29) is 5.82 Å². The van der Waals surface area contributed by atoms with Gasteiger partial charge in [0.1, 0.15) is 5.82 Å². The van der Waals surface area contributed by atoms with Crippen molar-refractivity contribution >= 4 is 0 Å². The summed E-state index contributed by atoms with van der Waals surface area (Å²) >= 11 is 0. The molecule has 1 aliphatic rings. The lowest BCUT2D eigenvalue weighted by Gasteiger charge is -2.02. The Labute approximate surface area is 101 Å². The van der Waals surface area contributed by atoms with E-state index in [4.69, 9.17) is 0 Å². The van der Waals surface area contributed by atoms with Crippen LogP contribution >= 0.6 is 0 Å². The second-order valence-electron chi connectivity index (χ2n) is 4.84. The smallest absolute Gasteiger partial charge is 0.126 e. The molecule has 17 heavy (non-hydrogen) atoms. The lowest BCUT2D eigenvalue weighted by Crippen LogP contribution is -1.88. The predicted octanol–water partition coefficient (Wildman–Crippen LogP) is 4.34. The zero-order valence-corrected chi connectivity index (χ0v) is 9.81. The van der Waals surface area contributed by atoms with Gasteiger partial charge in [-0.15, -0.1) is 0 Å². The molecule has 0 aliphatic heterocycles. The molecule has 3 atom stereocenters. The van der Waals surface area contributed by atoms with Crippen molar-refractivity contribution in [3.05, 3.63) is 71.5 Å². The fraction of sp³-hybridized carbons (Fsp3) is 0.250. The topological polar surface area (TPSA) is 0 Å². The van der Waals surface area contributed by atoms with E-state index in [9.17, 15) is 4.39 Å². The molecular formula is C16H15F. The summed E-state index contributed by atoms with van der Waals surface area (Å²) in [7, 11) is 0. The zero-order valence-electron chi connectivity index (χ0n) is 9.81. The summed E-state index contributed by atoms with van der Waals surface area (Å²) in [5.74, 6) is 1.30. The highest BCUT2D eigenvalue weighted by molar-refractivity contribution is 5.39. The molecule has 2 aromatic rings. The van der Waals surface area contributed by atoms with E-state index in [2.05, 4.69) is 31.2 Å². The zero-order chi connectivity index (χ0) is 11.8. The van der Waals surface area contributed by atoms with Gasteiger partial charge in [-0.2, -0.15) is 0 Å². The molecule has 0 radical (unpaired) electrons. The van der Waals surface area contributed by atoms with E-state index in [1.165, 1.54) is 5.56 Å². The third-order valence-corrected chi connectivity index (χ3v) is 3.83. The molecule has 1 heteroatoms. The number of rotatable bonds is 2. The Morgan fingerprint density at radius 3 is 2.18 bits per heavy atom. The first kappa shape index (κ1) is 10.5. The second-order valence-corrected chi connectivity index (χ2v) is 4.84. The van der Waals surface area contributed by atoms with Crippen LogP contribution in [0.1, 0.15) is 29.9 Å². The van der Waals surface area contributed by atoms with Gasteiger partial charge in [0.25, 0.3) is 0 Å². The maximum Gasteiger partial charge on any atom is 0.126 e. The largest absolute Gasteiger partial charge is 0.207 e. The fourth-order valence-corrected chi connectivity index (χ4v) is 2.87. The summed E-state index contributed by atoms with van der Waals surface area (Å²) in [5.41, 5.74) is 2.20. The molecule has 0 N–H and O–H groups in total. The maximum absolute atomic E-state index is 13.7. The van der Waals surface area contributed by atoms with Crippen LogP contribution in [0.4, 0.5) is 4.39 Å². The van der Waals surface area contributed by atoms with Crippen molar-refractivity contribution in [3.8, 4) is 0 Å². The number of hydrogen-bond acceptors (Lipinski definition) is 0. The summed E-state index contributed by atoms with van der Waals surface area (Å²) in [6.07, 6.45) is 0. The van der Waals surface area contributed by atoms with Gasteiger partial charge in [0, 0.05) is 0 Å². The van der Waals surface area contributed by atoms with Crippen LogP contribution in [0.5, 0.6) is 0 Å². The molecule has 3 unspecified atom stereocenters. The van der Waals surface area contributed by atoms with Crippen LogP contribution in [-0.2, 0) is 0 Å². The first-order valence-corrected chi connectivity index (χ1v) is 6.08. The monoisotopic (exact) mass is 226 g/mol. The van der Waals surface area contributed by atoms with E-state index in [1.807, 2.05) is 18.2 Å². The normalized spacial score (nSPS) is 26.8. The van der Waals surface area contributed by atoms with Gasteiger partial charge >= 0.3 is 0 Å². The molecule has 0 saturated heterocycles. The van der Waals surface area contributed by atoms with Gasteiger partial charge in [0.05, 0.1) is 0 Å². The Morgan fingerprint density at radius 1 is 0.824 bits per heavy atom. The molecule has 0 bridgehead atoms. The van der Waals surface area contributed by atoms with E-state index < -0.39 is 0 Å². The van der Waals surface area contributed by atoms with Crippen LogP contribution in [0.25, 0.3) is 0 Å². The van der Waals surface area contributed by atoms with Crippen molar-refractivity contribution in [1.82, 2.24) is 0 Å². The molecule has 0 aromatic heterocycles. The third-order valence-electron chi connectivity index (χ3n) is 3.83. The molecule has 0 amide bonds. The summed E-state index contributed by atoms with van der Waals surface area (Å²) in [4.78, 5) is 0. The highest BCUT2D eigenvalue weighted by Gasteiger charge is 2.49. The van der Waals surface area contributed by atoms with Crippen LogP contribution in [0.2, 0.25) is 0 Å². The average molecular weight is 226 g/mol. The molecule has 1 aliphatic carbocycles. The first-order valence-electron chi connectivity index (χ1n) is 6.08. The van der Waals surface area contributed by atoms with Gasteiger partial charge in [-0.1, -0.05) is 55.5 Å². The number of halogens is 1. The van der Waals surface area contributed by atoms with Crippen molar-refractivity contribution in [3.63, 3.8) is 0 Å². The van der Waals surface area contributed by atoms with Gasteiger partial charge in [0.15, 0.2) is 0 Å². The molecular weight excluding hydrogens is 211 g/mol. The predicted molar refractivity (Wildman–Crippen MR) is 67.5 cm³/mol. The SMILES string of the molecule is CC1C(c2ccccc2)C1c1ccccc1F. The quantitative estimate of drug-likeness (QED) is 0.714. The Morgan fingerprint density at radius 2 is 1.47 bits per heavy atom. The summed E-state index contributed by atoms with van der Waals surface area (Å²) in [6, 6.07) is 17.6. The lowest BCUT2D eigenvalue weighted by molar-refractivity contribution is 0.607. The lowest BCUT2D eigenvalue weighted by atomic mass is 10.0. The molecule has 86 valence electrons. The van der Waals surface area contributed by atoms with Gasteiger partial charge in [-0.05, 0) is 34.9 Å². The first-order chi connectivity index (χ1) is 8.29. The van der Waals surface area contributed by atoms with Gasteiger partial charge in [0.2, 0.25) is 0 Å². The van der Waals surface area contributed by atoms with Gasteiger partial charge in [-0.3, -0.25) is 0 Å². The van der Waals surface area contributed by atoms with Crippen molar-refractivity contribution in [2.45, 2.75) is 18.8 Å². The Hall–Kier alpha value is -1.63. The van der Waals surface area contributed by atoms with Crippen LogP contribution in [0.15, 0.2) is 54.6 Å². The van der Waals surface area contributed by atoms with Crippen LogP contribution in [0, 0.1) is 11.7 Å². The molecule has 0 nitrogen and oxygen atoms in total. The average Bonchev–Trinajstić information content (AvgIpc) is 3.02. The minimum Gasteiger partial charge on any atom is -0.207 e. The third kappa shape index (κ3) is 1.76. The van der Waals surface area contributed by atoms with Crippen molar-refractivity contribution < 1.29 is 4.39 Å². The molecule has 0 spiro atoms. The molecule has 2 aromatic carbocycles. The van der Waals surface area contributed by atoms with E-state index in [1.54, 1.807) is 12.1 Å². The van der Waals surface area contributed by atoms with Crippen LogP contribution in [-0.4, -0.2) is 0 Å². The Bertz CT molecular complexity index is 518. The summed E-state index contributed by atoms with van der Waals surface area (Å²) < 4.78 is 13.7. The summed E-state index contributed by atoms with van der Waals surface area (Å²) in [5, 5.41) is 0. The minimum atomic E-state index is -0.0669.